The molecule has 0 amide bonds. The highest BCUT2D eigenvalue weighted by atomic mass is 35.5. The van der Waals surface area contributed by atoms with Crippen molar-refractivity contribution in [2.24, 2.45) is 5.92 Å². The maximum atomic E-state index is 10.9. The minimum absolute atomic E-state index is 0.0727. The minimum atomic E-state index is -0.469. The molecule has 6 nitrogen and oxygen atoms in total. The average Bonchev–Trinajstić information content (AvgIpc) is 2.38. The number of pyridine rings is 1. The van der Waals surface area contributed by atoms with Crippen LogP contribution in [0.15, 0.2) is 12.3 Å². The second-order valence-electron chi connectivity index (χ2n) is 4.35. The van der Waals surface area contributed by atoms with E-state index in [0.29, 0.717) is 18.3 Å². The van der Waals surface area contributed by atoms with Crippen molar-refractivity contribution >= 4 is 23.1 Å². The van der Waals surface area contributed by atoms with Crippen molar-refractivity contribution in [1.82, 2.24) is 10.3 Å². The molecule has 0 bridgehead atoms. The van der Waals surface area contributed by atoms with E-state index in [-0.39, 0.29) is 10.7 Å². The van der Waals surface area contributed by atoms with Crippen LogP contribution in [-0.4, -0.2) is 29.5 Å². The molecule has 1 aliphatic heterocycles. The third kappa shape index (κ3) is 3.30. The van der Waals surface area contributed by atoms with E-state index in [1.165, 1.54) is 12.3 Å². The topological polar surface area (TPSA) is 80.1 Å². The number of nitrogens with one attached hydrogen (secondary N) is 2. The van der Waals surface area contributed by atoms with Crippen molar-refractivity contribution in [2.75, 3.05) is 25.0 Å². The SMILES string of the molecule is O=[N+]([O-])c1cc(Cl)cnc1NCC1CCNCC1. The van der Waals surface area contributed by atoms with E-state index >= 15 is 0 Å². The molecule has 1 saturated heterocycles. The van der Waals surface area contributed by atoms with Crippen molar-refractivity contribution in [3.63, 3.8) is 0 Å². The molecule has 0 aromatic carbocycles. The Morgan fingerprint density at radius 2 is 2.28 bits per heavy atom. The summed E-state index contributed by atoms with van der Waals surface area (Å²) in [7, 11) is 0. The molecule has 2 N–H and O–H groups in total. The van der Waals surface area contributed by atoms with Crippen LogP contribution in [-0.2, 0) is 0 Å². The molecule has 1 aliphatic rings. The largest absolute Gasteiger partial charge is 0.364 e. The van der Waals surface area contributed by atoms with Crippen LogP contribution < -0.4 is 10.6 Å². The van der Waals surface area contributed by atoms with Gasteiger partial charge in [0.2, 0.25) is 5.82 Å². The fourth-order valence-electron chi connectivity index (χ4n) is 2.03. The van der Waals surface area contributed by atoms with E-state index in [4.69, 9.17) is 11.6 Å². The summed E-state index contributed by atoms with van der Waals surface area (Å²) in [5, 5.41) is 17.5. The summed E-state index contributed by atoms with van der Waals surface area (Å²) in [6, 6.07) is 1.32. The molecule has 2 rings (SSSR count). The Balaban J connectivity index is 2.01. The van der Waals surface area contributed by atoms with Crippen molar-refractivity contribution in [1.29, 1.82) is 0 Å². The lowest BCUT2D eigenvalue weighted by atomic mass is 9.98. The maximum Gasteiger partial charge on any atom is 0.312 e. The van der Waals surface area contributed by atoms with Gasteiger partial charge in [0.05, 0.1) is 9.95 Å². The van der Waals surface area contributed by atoms with Gasteiger partial charge < -0.3 is 10.6 Å². The summed E-state index contributed by atoms with van der Waals surface area (Å²) >= 11 is 5.71. The van der Waals surface area contributed by atoms with Gasteiger partial charge in [-0.1, -0.05) is 11.6 Å². The second-order valence-corrected chi connectivity index (χ2v) is 4.79. The molecule has 0 aliphatic carbocycles. The van der Waals surface area contributed by atoms with E-state index in [9.17, 15) is 10.1 Å². The highest BCUT2D eigenvalue weighted by Gasteiger charge is 2.18. The normalized spacial score (nSPS) is 16.5. The summed E-state index contributed by atoms with van der Waals surface area (Å²) in [5.41, 5.74) is -0.0727. The van der Waals surface area contributed by atoms with E-state index in [0.717, 1.165) is 25.9 Å². The van der Waals surface area contributed by atoms with Gasteiger partial charge in [-0.15, -0.1) is 0 Å². The Bertz CT molecular complexity index is 435. The van der Waals surface area contributed by atoms with E-state index in [2.05, 4.69) is 15.6 Å². The number of hydrogen-bond acceptors (Lipinski definition) is 5. The first-order valence-corrected chi connectivity index (χ1v) is 6.29. The van der Waals surface area contributed by atoms with Crippen LogP contribution in [0.2, 0.25) is 5.02 Å². The van der Waals surface area contributed by atoms with E-state index in [1.54, 1.807) is 0 Å². The van der Waals surface area contributed by atoms with Gasteiger partial charge in [0.15, 0.2) is 0 Å². The van der Waals surface area contributed by atoms with Gasteiger partial charge in [-0.3, -0.25) is 10.1 Å². The Kier molecular flexibility index (Phi) is 4.33. The molecule has 98 valence electrons. The van der Waals surface area contributed by atoms with Gasteiger partial charge >= 0.3 is 5.69 Å². The van der Waals surface area contributed by atoms with Crippen LogP contribution in [0.1, 0.15) is 12.8 Å². The highest BCUT2D eigenvalue weighted by molar-refractivity contribution is 6.30. The fraction of sp³-hybridized carbons (Fsp3) is 0.545. The first kappa shape index (κ1) is 13.0. The zero-order chi connectivity index (χ0) is 13.0. The van der Waals surface area contributed by atoms with Gasteiger partial charge in [-0.05, 0) is 31.8 Å². The van der Waals surface area contributed by atoms with Crippen LogP contribution in [0.5, 0.6) is 0 Å². The maximum absolute atomic E-state index is 10.9. The number of hydrogen-bond donors (Lipinski definition) is 2. The molecule has 1 aromatic rings. The van der Waals surface area contributed by atoms with Crippen LogP contribution in [0, 0.1) is 16.0 Å². The monoisotopic (exact) mass is 270 g/mol. The predicted octanol–water partition coefficient (Wildman–Crippen LogP) is 2.05. The Hall–Kier alpha value is -1.40. The Labute approximate surface area is 110 Å². The molecule has 2 heterocycles. The van der Waals surface area contributed by atoms with Gasteiger partial charge in [0, 0.05) is 18.8 Å². The molecule has 0 atom stereocenters. The van der Waals surface area contributed by atoms with Crippen molar-refractivity contribution in [2.45, 2.75) is 12.8 Å². The van der Waals surface area contributed by atoms with Crippen molar-refractivity contribution < 1.29 is 4.92 Å². The Morgan fingerprint density at radius 3 is 2.94 bits per heavy atom. The smallest absolute Gasteiger partial charge is 0.312 e. The van der Waals surface area contributed by atoms with Gasteiger partial charge in [0.1, 0.15) is 0 Å². The highest BCUT2D eigenvalue weighted by Crippen LogP contribution is 2.25. The number of nitro groups is 1. The fourth-order valence-corrected chi connectivity index (χ4v) is 2.18. The standard InChI is InChI=1S/C11H15ClN4O2/c12-9-5-10(16(17)18)11(15-7-9)14-6-8-1-3-13-4-2-8/h5,7-8,13H,1-4,6H2,(H,14,15). The first-order chi connectivity index (χ1) is 8.66. The Morgan fingerprint density at radius 1 is 1.56 bits per heavy atom. The van der Waals surface area contributed by atoms with Crippen molar-refractivity contribution in [3.8, 4) is 0 Å². The van der Waals surface area contributed by atoms with Crippen LogP contribution >= 0.6 is 11.6 Å². The second kappa shape index (κ2) is 5.97. The lowest BCUT2D eigenvalue weighted by Crippen LogP contribution is -2.31. The number of nitrogens with zero attached hydrogens (tertiary/aromatic N) is 2. The summed E-state index contributed by atoms with van der Waals surface area (Å²) in [4.78, 5) is 14.4. The van der Waals surface area contributed by atoms with Gasteiger partial charge in [-0.25, -0.2) is 4.98 Å². The van der Waals surface area contributed by atoms with Crippen LogP contribution in [0.25, 0.3) is 0 Å². The summed E-state index contributed by atoms with van der Waals surface area (Å²) in [5.74, 6) is 0.825. The molecule has 0 radical (unpaired) electrons. The lowest BCUT2D eigenvalue weighted by molar-refractivity contribution is -0.384. The average molecular weight is 271 g/mol. The molecule has 1 aromatic heterocycles. The molecule has 7 heteroatoms. The first-order valence-electron chi connectivity index (χ1n) is 5.91. The minimum Gasteiger partial charge on any atom is -0.364 e. The molecular formula is C11H15ClN4O2. The third-order valence-electron chi connectivity index (χ3n) is 3.05. The predicted molar refractivity (Wildman–Crippen MR) is 70.0 cm³/mol. The van der Waals surface area contributed by atoms with E-state index < -0.39 is 4.92 Å². The number of piperidine rings is 1. The molecule has 18 heavy (non-hydrogen) atoms. The van der Waals surface area contributed by atoms with Crippen LogP contribution in [0.3, 0.4) is 0 Å². The summed E-state index contributed by atoms with van der Waals surface area (Å²) in [6.45, 7) is 2.71. The molecule has 0 saturated carbocycles. The molecule has 0 unspecified atom stereocenters. The van der Waals surface area contributed by atoms with Crippen LogP contribution in [0.4, 0.5) is 11.5 Å². The van der Waals surface area contributed by atoms with Gasteiger partial charge in [-0.2, -0.15) is 0 Å². The third-order valence-corrected chi connectivity index (χ3v) is 3.25. The summed E-state index contributed by atoms with van der Waals surface area (Å²) in [6.07, 6.45) is 3.57. The number of rotatable bonds is 4. The number of halogens is 1. The lowest BCUT2D eigenvalue weighted by Gasteiger charge is -2.22. The zero-order valence-electron chi connectivity index (χ0n) is 9.86. The number of anilines is 1. The molecule has 1 fully saturated rings. The quantitative estimate of drug-likeness (QED) is 0.647. The molecular weight excluding hydrogens is 256 g/mol. The summed E-state index contributed by atoms with van der Waals surface area (Å²) < 4.78 is 0. The number of aromatic nitrogens is 1. The zero-order valence-corrected chi connectivity index (χ0v) is 10.6. The van der Waals surface area contributed by atoms with E-state index in [1.807, 2.05) is 0 Å². The van der Waals surface area contributed by atoms with Crippen molar-refractivity contribution in [3.05, 3.63) is 27.4 Å². The molecule has 0 spiro atoms. The van der Waals surface area contributed by atoms with Gasteiger partial charge in [0.25, 0.3) is 0 Å².